The number of carbonyl (C=O) groups is 1. The number of rotatable bonds is 5. The Balaban J connectivity index is 1.54. The lowest BCUT2D eigenvalue weighted by Gasteiger charge is -2.20. The molecule has 8 heteroatoms. The smallest absolute Gasteiger partial charge is 0.249 e. The average molecular weight is 414 g/mol. The van der Waals surface area contributed by atoms with Gasteiger partial charge in [-0.2, -0.15) is 0 Å². The zero-order chi connectivity index (χ0) is 21.3. The molecule has 2 heterocycles. The number of nitrogens with zero attached hydrogens (tertiary/aromatic N) is 3. The highest BCUT2D eigenvalue weighted by molar-refractivity contribution is 5.88. The Morgan fingerprint density at radius 2 is 2.07 bits per heavy atom. The Hall–Kier alpha value is -3.16. The number of benzene rings is 1. The van der Waals surface area contributed by atoms with Gasteiger partial charge in [0.25, 0.3) is 0 Å². The largest absolute Gasteiger partial charge is 0.495 e. The number of carbonyl (C=O) groups excluding carboxylic acids is 1. The molecule has 1 aromatic heterocycles. The molecular formula is C22H24F2N4O2. The third-order valence-electron chi connectivity index (χ3n) is 5.48. The Bertz CT molecular complexity index is 1030. The standard InChI is InChI=1S/C22H24F2N4O2/c1-14-12-27(13-25-14)20-5-3-4-16(11-21(20)30-2)28-9-8-19(22(28)29)26-15-6-7-17(23)18(24)10-15/h6-7,10-13,19,26H,3-5,8-9H2,1-2H3. The molecule has 1 aliphatic heterocycles. The van der Waals surface area contributed by atoms with Crippen LogP contribution in [0.3, 0.4) is 0 Å². The number of methoxy groups -OCH3 is 1. The van der Waals surface area contributed by atoms with Gasteiger partial charge in [-0.1, -0.05) is 0 Å². The number of halogens is 2. The minimum atomic E-state index is -0.939. The maximum atomic E-state index is 13.5. The van der Waals surface area contributed by atoms with E-state index in [1.54, 1.807) is 18.3 Å². The van der Waals surface area contributed by atoms with E-state index < -0.39 is 17.7 Å². The molecule has 0 saturated carbocycles. The van der Waals surface area contributed by atoms with Crippen LogP contribution in [0.5, 0.6) is 0 Å². The third-order valence-corrected chi connectivity index (χ3v) is 5.48. The van der Waals surface area contributed by atoms with E-state index in [2.05, 4.69) is 10.3 Å². The molecule has 1 aromatic carbocycles. The van der Waals surface area contributed by atoms with Crippen LogP contribution in [-0.2, 0) is 9.53 Å². The summed E-state index contributed by atoms with van der Waals surface area (Å²) in [7, 11) is 1.62. The van der Waals surface area contributed by atoms with Crippen molar-refractivity contribution in [2.24, 2.45) is 0 Å². The van der Waals surface area contributed by atoms with Crippen LogP contribution in [0.1, 0.15) is 31.4 Å². The van der Waals surface area contributed by atoms with E-state index in [1.807, 2.05) is 23.8 Å². The molecule has 4 rings (SSSR count). The summed E-state index contributed by atoms with van der Waals surface area (Å²) in [4.78, 5) is 19.1. The molecule has 0 spiro atoms. The van der Waals surface area contributed by atoms with Crippen molar-refractivity contribution >= 4 is 17.3 Å². The number of aryl methyl sites for hydroxylation is 1. The number of imidazole rings is 1. The number of allylic oxidation sites excluding steroid dienone is 3. The SMILES string of the molecule is COC1=C(n2cnc(C)c2)CCCC(N2CCC(Nc3ccc(F)c(F)c3)C2=O)=C1. The second kappa shape index (κ2) is 8.30. The zero-order valence-electron chi connectivity index (χ0n) is 17.0. The van der Waals surface area contributed by atoms with Crippen molar-refractivity contribution < 1.29 is 18.3 Å². The van der Waals surface area contributed by atoms with Crippen LogP contribution in [0.4, 0.5) is 14.5 Å². The second-order valence-corrected chi connectivity index (χ2v) is 7.53. The number of ether oxygens (including phenoxy) is 1. The summed E-state index contributed by atoms with van der Waals surface area (Å²) in [6, 6.07) is 3.08. The predicted octanol–water partition coefficient (Wildman–Crippen LogP) is 4.07. The minimum Gasteiger partial charge on any atom is -0.495 e. The summed E-state index contributed by atoms with van der Waals surface area (Å²) >= 11 is 0. The van der Waals surface area contributed by atoms with Gasteiger partial charge in [-0.25, -0.2) is 13.8 Å². The van der Waals surface area contributed by atoms with E-state index in [-0.39, 0.29) is 5.91 Å². The fourth-order valence-electron chi connectivity index (χ4n) is 3.97. The molecule has 1 fully saturated rings. The van der Waals surface area contributed by atoms with Gasteiger partial charge in [0.2, 0.25) is 5.91 Å². The van der Waals surface area contributed by atoms with E-state index in [0.29, 0.717) is 24.4 Å². The molecule has 30 heavy (non-hydrogen) atoms. The molecule has 0 bridgehead atoms. The lowest BCUT2D eigenvalue weighted by Crippen LogP contribution is -2.33. The van der Waals surface area contributed by atoms with Gasteiger partial charge in [-0.15, -0.1) is 0 Å². The number of aromatic nitrogens is 2. The quantitative estimate of drug-likeness (QED) is 0.802. The highest BCUT2D eigenvalue weighted by Crippen LogP contribution is 2.31. The highest BCUT2D eigenvalue weighted by Gasteiger charge is 2.34. The van der Waals surface area contributed by atoms with Crippen LogP contribution in [0.2, 0.25) is 0 Å². The number of nitrogens with one attached hydrogen (secondary N) is 1. The van der Waals surface area contributed by atoms with Crippen LogP contribution in [0.25, 0.3) is 5.70 Å². The molecule has 1 saturated heterocycles. The van der Waals surface area contributed by atoms with Crippen LogP contribution in [0, 0.1) is 18.6 Å². The van der Waals surface area contributed by atoms with Crippen molar-refractivity contribution in [1.29, 1.82) is 0 Å². The maximum absolute atomic E-state index is 13.5. The summed E-state index contributed by atoms with van der Waals surface area (Å²) in [6.45, 7) is 2.49. The van der Waals surface area contributed by atoms with Crippen molar-refractivity contribution in [3.05, 3.63) is 65.6 Å². The number of likely N-dealkylation sites (tertiary alicyclic amines) is 1. The molecule has 1 aliphatic carbocycles. The van der Waals surface area contributed by atoms with E-state index in [9.17, 15) is 13.6 Å². The highest BCUT2D eigenvalue weighted by atomic mass is 19.2. The topological polar surface area (TPSA) is 59.4 Å². The lowest BCUT2D eigenvalue weighted by molar-refractivity contribution is -0.126. The lowest BCUT2D eigenvalue weighted by atomic mass is 10.2. The summed E-state index contributed by atoms with van der Waals surface area (Å²) in [5.41, 5.74) is 3.22. The minimum absolute atomic E-state index is 0.0802. The molecule has 2 aromatic rings. The molecule has 1 unspecified atom stereocenters. The van der Waals surface area contributed by atoms with Crippen LogP contribution < -0.4 is 5.32 Å². The number of hydrogen-bond donors (Lipinski definition) is 1. The number of anilines is 1. The summed E-state index contributed by atoms with van der Waals surface area (Å²) < 4.78 is 34.2. The first-order valence-corrected chi connectivity index (χ1v) is 9.98. The number of hydrogen-bond acceptors (Lipinski definition) is 4. The maximum Gasteiger partial charge on any atom is 0.249 e. The van der Waals surface area contributed by atoms with Crippen LogP contribution in [0.15, 0.2) is 48.3 Å². The fourth-order valence-corrected chi connectivity index (χ4v) is 3.97. The molecule has 1 amide bonds. The van der Waals surface area contributed by atoms with Gasteiger partial charge in [-0.05, 0) is 44.7 Å². The van der Waals surface area contributed by atoms with Gasteiger partial charge in [0.1, 0.15) is 11.8 Å². The Morgan fingerprint density at radius 3 is 2.77 bits per heavy atom. The van der Waals surface area contributed by atoms with Crippen molar-refractivity contribution in [2.45, 2.75) is 38.6 Å². The summed E-state index contributed by atoms with van der Waals surface area (Å²) in [6.07, 6.45) is 8.65. The van der Waals surface area contributed by atoms with Gasteiger partial charge in [0, 0.05) is 36.3 Å². The molecule has 1 N–H and O–H groups in total. The van der Waals surface area contributed by atoms with E-state index in [0.717, 1.165) is 48.5 Å². The van der Waals surface area contributed by atoms with Crippen LogP contribution >= 0.6 is 0 Å². The molecule has 0 radical (unpaired) electrons. The molecule has 6 nitrogen and oxygen atoms in total. The van der Waals surface area contributed by atoms with E-state index in [4.69, 9.17) is 4.74 Å². The zero-order valence-corrected chi connectivity index (χ0v) is 17.0. The first kappa shape index (κ1) is 20.1. The summed E-state index contributed by atoms with van der Waals surface area (Å²) in [5.74, 6) is -1.22. The summed E-state index contributed by atoms with van der Waals surface area (Å²) in [5, 5.41) is 3.03. The van der Waals surface area contributed by atoms with Crippen molar-refractivity contribution in [3.8, 4) is 0 Å². The van der Waals surface area contributed by atoms with E-state index in [1.165, 1.54) is 6.07 Å². The van der Waals surface area contributed by atoms with Crippen molar-refractivity contribution in [3.63, 3.8) is 0 Å². The fraction of sp³-hybridized carbons (Fsp3) is 0.364. The van der Waals surface area contributed by atoms with Crippen molar-refractivity contribution in [2.75, 3.05) is 19.0 Å². The first-order valence-electron chi connectivity index (χ1n) is 9.98. The van der Waals surface area contributed by atoms with Gasteiger partial charge in [0.15, 0.2) is 11.6 Å². The average Bonchev–Trinajstić information content (AvgIpc) is 3.24. The van der Waals surface area contributed by atoms with Gasteiger partial charge >= 0.3 is 0 Å². The molecule has 158 valence electrons. The number of amides is 1. The second-order valence-electron chi connectivity index (χ2n) is 7.53. The van der Waals surface area contributed by atoms with Gasteiger partial charge in [0.05, 0.1) is 24.8 Å². The molecule has 1 atom stereocenters. The molecular weight excluding hydrogens is 390 g/mol. The van der Waals surface area contributed by atoms with Gasteiger partial charge in [-0.3, -0.25) is 4.79 Å². The predicted molar refractivity (Wildman–Crippen MR) is 109 cm³/mol. The monoisotopic (exact) mass is 414 g/mol. The van der Waals surface area contributed by atoms with Crippen LogP contribution in [-0.4, -0.2) is 40.1 Å². The van der Waals surface area contributed by atoms with Gasteiger partial charge < -0.3 is 19.5 Å². The Morgan fingerprint density at radius 1 is 1.23 bits per heavy atom. The van der Waals surface area contributed by atoms with Crippen molar-refractivity contribution in [1.82, 2.24) is 14.5 Å². The Labute approximate surface area is 173 Å². The van der Waals surface area contributed by atoms with E-state index >= 15 is 0 Å². The Kier molecular flexibility index (Phi) is 5.57. The first-order chi connectivity index (χ1) is 14.5. The normalized spacial score (nSPS) is 19.7. The molecule has 2 aliphatic rings. The third kappa shape index (κ3) is 3.94.